The van der Waals surface area contributed by atoms with Crippen molar-refractivity contribution >= 4 is 57.9 Å². The first-order chi connectivity index (χ1) is 11.4. The molecule has 0 aromatic carbocycles. The van der Waals surface area contributed by atoms with E-state index in [0.29, 0.717) is 23.9 Å². The molecule has 3 heterocycles. The molecule has 1 fully saturated rings. The van der Waals surface area contributed by atoms with Crippen LogP contribution in [-0.2, 0) is 9.47 Å². The van der Waals surface area contributed by atoms with Gasteiger partial charge in [0, 0.05) is 19.2 Å². The highest BCUT2D eigenvalue weighted by molar-refractivity contribution is 6.68. The van der Waals surface area contributed by atoms with E-state index in [4.69, 9.17) is 55.9 Å². The van der Waals surface area contributed by atoms with Gasteiger partial charge in [0.15, 0.2) is 12.1 Å². The summed E-state index contributed by atoms with van der Waals surface area (Å²) in [5.74, 6) is 0.458. The summed E-state index contributed by atoms with van der Waals surface area (Å²) in [6.45, 7) is 1.05. The SMILES string of the molecule is Clc1cccnc1N1N=C(COC2CCCCO2)CC1C(Cl)(Cl)Cl. The fourth-order valence-electron chi connectivity index (χ4n) is 2.69. The average molecular weight is 413 g/mol. The first-order valence-corrected chi connectivity index (χ1v) is 9.22. The Hall–Kier alpha value is -0.300. The van der Waals surface area contributed by atoms with E-state index in [-0.39, 0.29) is 6.29 Å². The first-order valence-electron chi connectivity index (χ1n) is 7.71. The normalized spacial score (nSPS) is 25.0. The van der Waals surface area contributed by atoms with Crippen molar-refractivity contribution in [3.05, 3.63) is 23.4 Å². The molecule has 132 valence electrons. The molecule has 1 saturated heterocycles. The van der Waals surface area contributed by atoms with Crippen LogP contribution in [0.3, 0.4) is 0 Å². The molecule has 24 heavy (non-hydrogen) atoms. The van der Waals surface area contributed by atoms with Crippen LogP contribution >= 0.6 is 46.4 Å². The van der Waals surface area contributed by atoms with Crippen LogP contribution in [0.25, 0.3) is 0 Å². The molecule has 0 saturated carbocycles. The Morgan fingerprint density at radius 2 is 2.17 bits per heavy atom. The van der Waals surface area contributed by atoms with Crippen molar-refractivity contribution in [1.82, 2.24) is 4.98 Å². The van der Waals surface area contributed by atoms with Crippen LogP contribution in [0.1, 0.15) is 25.7 Å². The largest absolute Gasteiger partial charge is 0.353 e. The zero-order valence-corrected chi connectivity index (χ0v) is 15.8. The van der Waals surface area contributed by atoms with Gasteiger partial charge in [0.2, 0.25) is 3.79 Å². The number of aromatic nitrogens is 1. The second-order valence-corrected chi connectivity index (χ2v) is 8.46. The van der Waals surface area contributed by atoms with Gasteiger partial charge in [0.1, 0.15) is 6.04 Å². The molecule has 0 radical (unpaired) electrons. The lowest BCUT2D eigenvalue weighted by Gasteiger charge is -2.28. The summed E-state index contributed by atoms with van der Waals surface area (Å²) in [4.78, 5) is 4.25. The summed E-state index contributed by atoms with van der Waals surface area (Å²) in [6, 6.07) is 2.96. The molecule has 0 N–H and O–H groups in total. The third-order valence-electron chi connectivity index (χ3n) is 3.88. The van der Waals surface area contributed by atoms with Gasteiger partial charge in [-0.25, -0.2) is 9.99 Å². The van der Waals surface area contributed by atoms with Crippen molar-refractivity contribution in [2.24, 2.45) is 5.10 Å². The minimum absolute atomic E-state index is 0.194. The minimum Gasteiger partial charge on any atom is -0.353 e. The Morgan fingerprint density at radius 3 is 2.83 bits per heavy atom. The maximum Gasteiger partial charge on any atom is 0.213 e. The Bertz CT molecular complexity index is 603. The van der Waals surface area contributed by atoms with Gasteiger partial charge in [-0.15, -0.1) is 0 Å². The van der Waals surface area contributed by atoms with Crippen LogP contribution in [0.5, 0.6) is 0 Å². The van der Waals surface area contributed by atoms with Crippen molar-refractivity contribution in [3.8, 4) is 0 Å². The number of hydrazone groups is 1. The smallest absolute Gasteiger partial charge is 0.213 e. The molecule has 0 amide bonds. The summed E-state index contributed by atoms with van der Waals surface area (Å²) in [6.07, 6.45) is 4.94. The van der Waals surface area contributed by atoms with E-state index >= 15 is 0 Å². The van der Waals surface area contributed by atoms with Crippen molar-refractivity contribution in [1.29, 1.82) is 0 Å². The first kappa shape index (κ1) is 18.5. The van der Waals surface area contributed by atoms with Gasteiger partial charge < -0.3 is 9.47 Å². The maximum absolute atomic E-state index is 6.21. The van der Waals surface area contributed by atoms with Gasteiger partial charge in [-0.1, -0.05) is 46.4 Å². The van der Waals surface area contributed by atoms with Crippen molar-refractivity contribution in [2.75, 3.05) is 18.2 Å². The Kier molecular flexibility index (Phi) is 6.11. The molecule has 9 heteroatoms. The van der Waals surface area contributed by atoms with Gasteiger partial charge in [-0.2, -0.15) is 5.10 Å². The standard InChI is InChI=1S/C15H17Cl4N3O2/c16-11-4-3-6-20-14(11)22-12(15(17,18)19)8-10(21-22)9-24-13-5-1-2-7-23-13/h3-4,6,12-13H,1-2,5,7-9H2. The fraction of sp³-hybridized carbons (Fsp3) is 0.600. The van der Waals surface area contributed by atoms with Crippen LogP contribution < -0.4 is 5.01 Å². The van der Waals surface area contributed by atoms with Crippen LogP contribution in [0.2, 0.25) is 5.02 Å². The van der Waals surface area contributed by atoms with Crippen molar-refractivity contribution < 1.29 is 9.47 Å². The monoisotopic (exact) mass is 411 g/mol. The number of anilines is 1. The summed E-state index contributed by atoms with van der Waals surface area (Å²) >= 11 is 24.6. The lowest BCUT2D eigenvalue weighted by atomic mass is 10.1. The summed E-state index contributed by atoms with van der Waals surface area (Å²) < 4.78 is 9.81. The van der Waals surface area contributed by atoms with Gasteiger partial charge in [-0.05, 0) is 31.4 Å². The highest BCUT2D eigenvalue weighted by Gasteiger charge is 2.43. The van der Waals surface area contributed by atoms with Gasteiger partial charge in [0.05, 0.1) is 17.3 Å². The Balaban J connectivity index is 1.73. The topological polar surface area (TPSA) is 47.0 Å². The summed E-state index contributed by atoms with van der Waals surface area (Å²) in [5, 5.41) is 6.53. The molecule has 3 rings (SSSR count). The highest BCUT2D eigenvalue weighted by atomic mass is 35.6. The molecule has 0 bridgehead atoms. The van der Waals surface area contributed by atoms with Gasteiger partial charge in [0.25, 0.3) is 0 Å². The quantitative estimate of drug-likeness (QED) is 0.678. The number of nitrogens with zero attached hydrogens (tertiary/aromatic N) is 3. The molecule has 2 atom stereocenters. The molecule has 0 spiro atoms. The minimum atomic E-state index is -1.53. The van der Waals surface area contributed by atoms with E-state index in [1.807, 2.05) is 0 Å². The Labute approximate surface area is 160 Å². The number of pyridine rings is 1. The molecule has 1 aromatic heterocycles. The zero-order chi connectivity index (χ0) is 17.2. The van der Waals surface area contributed by atoms with E-state index < -0.39 is 9.83 Å². The third kappa shape index (κ3) is 4.45. The molecule has 0 aliphatic carbocycles. The molecule has 2 unspecified atom stereocenters. The van der Waals surface area contributed by atoms with Gasteiger partial charge in [-0.3, -0.25) is 0 Å². The molecular weight excluding hydrogens is 396 g/mol. The third-order valence-corrected chi connectivity index (χ3v) is 4.93. The molecule has 2 aliphatic heterocycles. The number of alkyl halides is 3. The molecule has 2 aliphatic rings. The number of rotatable bonds is 4. The number of ether oxygens (including phenoxy) is 2. The molecular formula is C15H17Cl4N3O2. The summed E-state index contributed by atoms with van der Waals surface area (Å²) in [7, 11) is 0. The van der Waals surface area contributed by atoms with Crippen LogP contribution in [-0.4, -0.2) is 40.0 Å². The second kappa shape index (κ2) is 7.94. The Morgan fingerprint density at radius 1 is 1.33 bits per heavy atom. The zero-order valence-electron chi connectivity index (χ0n) is 12.8. The second-order valence-electron chi connectivity index (χ2n) is 5.69. The van der Waals surface area contributed by atoms with Crippen LogP contribution in [0.15, 0.2) is 23.4 Å². The van der Waals surface area contributed by atoms with E-state index in [1.165, 1.54) is 0 Å². The van der Waals surface area contributed by atoms with E-state index in [0.717, 1.165) is 31.6 Å². The lowest BCUT2D eigenvalue weighted by Crippen LogP contribution is -2.38. The predicted octanol–water partition coefficient (Wildman–Crippen LogP) is 4.58. The van der Waals surface area contributed by atoms with E-state index in [9.17, 15) is 0 Å². The predicted molar refractivity (Wildman–Crippen MR) is 97.4 cm³/mol. The number of hydrogen-bond donors (Lipinski definition) is 0. The maximum atomic E-state index is 6.21. The van der Waals surface area contributed by atoms with Crippen molar-refractivity contribution in [3.63, 3.8) is 0 Å². The lowest BCUT2D eigenvalue weighted by molar-refractivity contribution is -0.152. The number of halogens is 4. The van der Waals surface area contributed by atoms with E-state index in [2.05, 4.69) is 10.1 Å². The van der Waals surface area contributed by atoms with E-state index in [1.54, 1.807) is 23.3 Å². The fourth-order valence-corrected chi connectivity index (χ4v) is 3.40. The number of hydrogen-bond acceptors (Lipinski definition) is 5. The van der Waals surface area contributed by atoms with Gasteiger partial charge >= 0.3 is 0 Å². The van der Waals surface area contributed by atoms with Crippen LogP contribution in [0.4, 0.5) is 5.82 Å². The van der Waals surface area contributed by atoms with Crippen LogP contribution in [0, 0.1) is 0 Å². The summed E-state index contributed by atoms with van der Waals surface area (Å²) in [5.41, 5.74) is 0.766. The molecule has 5 nitrogen and oxygen atoms in total. The van der Waals surface area contributed by atoms with Crippen molar-refractivity contribution in [2.45, 2.75) is 41.8 Å². The average Bonchev–Trinajstić information content (AvgIpc) is 2.99. The highest BCUT2D eigenvalue weighted by Crippen LogP contribution is 2.41. The molecule has 1 aromatic rings.